The molecule has 3 N–H and O–H groups in total. The summed E-state index contributed by atoms with van der Waals surface area (Å²) in [5, 5.41) is 23.3. The molecule has 2 aromatic carbocycles. The summed E-state index contributed by atoms with van der Waals surface area (Å²) in [5.74, 6) is -2.35. The summed E-state index contributed by atoms with van der Waals surface area (Å²) in [5.41, 5.74) is 3.22. The van der Waals surface area contributed by atoms with Gasteiger partial charge < -0.3 is 15.4 Å². The summed E-state index contributed by atoms with van der Waals surface area (Å²) in [6.07, 6.45) is 5.88. The predicted octanol–water partition coefficient (Wildman–Crippen LogP) is 5.28. The van der Waals surface area contributed by atoms with Crippen LogP contribution in [0.5, 0.6) is 0 Å². The fraction of sp³-hybridized carbons (Fsp3) is 0.333. The molecular weight excluding hydrogens is 449 g/mol. The number of hydrogen-bond acceptors (Lipinski definition) is 4. The van der Waals surface area contributed by atoms with E-state index < -0.39 is 24.9 Å². The second-order valence-electron chi connectivity index (χ2n) is 8.36. The Morgan fingerprint density at radius 3 is 2.24 bits per heavy atom. The predicted molar refractivity (Wildman–Crippen MR) is 139 cm³/mol. The molecule has 1 amide bonds. The van der Waals surface area contributed by atoms with E-state index in [9.17, 15) is 19.6 Å². The van der Waals surface area contributed by atoms with Crippen LogP contribution in [0.15, 0.2) is 77.9 Å². The minimum Gasteiger partial charge on any atom is -0.426 e. The van der Waals surface area contributed by atoms with E-state index in [-0.39, 0.29) is 18.6 Å². The summed E-state index contributed by atoms with van der Waals surface area (Å²) < 4.78 is 0. The molecule has 0 saturated carbocycles. The van der Waals surface area contributed by atoms with E-state index in [4.69, 9.17) is 11.6 Å². The van der Waals surface area contributed by atoms with Crippen LogP contribution in [-0.2, 0) is 4.79 Å². The van der Waals surface area contributed by atoms with Crippen molar-refractivity contribution in [2.75, 3.05) is 0 Å². The molecule has 2 atom stereocenters. The maximum absolute atomic E-state index is 13.4. The van der Waals surface area contributed by atoms with Crippen LogP contribution >= 0.6 is 11.6 Å². The number of rotatable bonds is 12. The van der Waals surface area contributed by atoms with Crippen LogP contribution in [0.1, 0.15) is 68.3 Å². The highest BCUT2D eigenvalue weighted by Gasteiger charge is 2.31. The van der Waals surface area contributed by atoms with Gasteiger partial charge in [0.2, 0.25) is 5.91 Å². The number of halogens is 1. The lowest BCUT2D eigenvalue weighted by molar-refractivity contribution is -0.123. The largest absolute Gasteiger partial charge is 0.475 e. The molecule has 7 heteroatoms. The zero-order valence-electron chi connectivity index (χ0n) is 20.0. The van der Waals surface area contributed by atoms with Gasteiger partial charge in [0.25, 0.3) is 0 Å². The Balaban J connectivity index is 2.29. The highest BCUT2D eigenvalue weighted by Crippen LogP contribution is 2.25. The first-order valence-electron chi connectivity index (χ1n) is 11.6. The van der Waals surface area contributed by atoms with Crippen LogP contribution in [-0.4, -0.2) is 34.8 Å². The van der Waals surface area contributed by atoms with E-state index in [2.05, 4.69) is 12.2 Å². The number of ketones is 1. The molecule has 0 heterocycles. The molecule has 0 spiro atoms. The van der Waals surface area contributed by atoms with E-state index in [1.807, 2.05) is 32.1 Å². The molecule has 0 radical (unpaired) electrons. The Labute approximate surface area is 207 Å². The molecule has 180 valence electrons. The van der Waals surface area contributed by atoms with E-state index in [1.54, 1.807) is 48.5 Å². The Morgan fingerprint density at radius 2 is 1.68 bits per heavy atom. The maximum atomic E-state index is 13.4. The first-order chi connectivity index (χ1) is 16.2. The number of benzene rings is 2. The van der Waals surface area contributed by atoms with Crippen molar-refractivity contribution in [3.05, 3.63) is 94.0 Å². The minimum atomic E-state index is -1.75. The van der Waals surface area contributed by atoms with Crippen LogP contribution in [0, 0.1) is 0 Å². The average molecular weight is 482 g/mol. The fourth-order valence-corrected chi connectivity index (χ4v) is 3.76. The van der Waals surface area contributed by atoms with Crippen LogP contribution in [0.3, 0.4) is 0 Å². The summed E-state index contributed by atoms with van der Waals surface area (Å²) in [6.45, 7) is 6.07. The smallest absolute Gasteiger partial charge is 0.426 e. The van der Waals surface area contributed by atoms with Crippen LogP contribution < -0.4 is 5.32 Å². The molecule has 5 nitrogen and oxygen atoms in total. The van der Waals surface area contributed by atoms with Crippen LogP contribution in [0.2, 0.25) is 5.02 Å². The number of Topliss-reactive ketones (excluding diaryl/α,β-unsaturated/α-hetero) is 1. The Hall–Kier alpha value is -2.67. The van der Waals surface area contributed by atoms with Gasteiger partial charge in [0, 0.05) is 17.0 Å². The number of carbonyl (C=O) groups excluding carboxylic acids is 2. The topological polar surface area (TPSA) is 86.6 Å². The minimum absolute atomic E-state index is 0.0573. The summed E-state index contributed by atoms with van der Waals surface area (Å²) in [6, 6.07) is 15.6. The van der Waals surface area contributed by atoms with Gasteiger partial charge >= 0.3 is 7.12 Å². The zero-order chi connectivity index (χ0) is 25.1. The normalized spacial score (nSPS) is 13.8. The fourth-order valence-electron chi connectivity index (χ4n) is 3.63. The van der Waals surface area contributed by atoms with Gasteiger partial charge in [0.15, 0.2) is 5.78 Å². The van der Waals surface area contributed by atoms with Crippen molar-refractivity contribution in [1.29, 1.82) is 0 Å². The van der Waals surface area contributed by atoms with Crippen molar-refractivity contribution in [3.63, 3.8) is 0 Å². The second-order valence-corrected chi connectivity index (χ2v) is 8.80. The molecule has 0 aliphatic heterocycles. The number of allylic oxidation sites excluding steroid dienone is 3. The molecular formula is C27H33BClNO4. The van der Waals surface area contributed by atoms with Gasteiger partial charge in [-0.05, 0) is 43.9 Å². The molecule has 0 fully saturated rings. The standard InChI is InChI=1S/C27H33BClNO4/c1-4-9-20(16-19(3)5-2)17-26(28(33)34)30-27(32)24(21-12-14-23(29)15-13-21)18-25(31)22-10-7-6-8-11-22/h6-16,24,26,33-34H,4-5,17-18H2,1-3H3,(H,30,32)/b19-16+,20-9+/t24-,26+/m1/s1. The maximum Gasteiger partial charge on any atom is 0.475 e. The van der Waals surface area contributed by atoms with E-state index in [0.29, 0.717) is 16.1 Å². The van der Waals surface area contributed by atoms with Gasteiger partial charge in [-0.1, -0.05) is 91.2 Å². The summed E-state index contributed by atoms with van der Waals surface area (Å²) in [7, 11) is -1.75. The second kappa shape index (κ2) is 13.9. The van der Waals surface area contributed by atoms with Crippen molar-refractivity contribution >= 4 is 30.4 Å². The van der Waals surface area contributed by atoms with Crippen molar-refractivity contribution < 1.29 is 19.6 Å². The van der Waals surface area contributed by atoms with Gasteiger partial charge in [0.1, 0.15) is 0 Å². The summed E-state index contributed by atoms with van der Waals surface area (Å²) in [4.78, 5) is 26.3. The van der Waals surface area contributed by atoms with Gasteiger partial charge in [-0.25, -0.2) is 0 Å². The van der Waals surface area contributed by atoms with Crippen LogP contribution in [0.25, 0.3) is 0 Å². The zero-order valence-corrected chi connectivity index (χ0v) is 20.8. The number of carbonyl (C=O) groups is 2. The first kappa shape index (κ1) is 27.6. The third kappa shape index (κ3) is 8.60. The average Bonchev–Trinajstić information content (AvgIpc) is 2.83. The lowest BCUT2D eigenvalue weighted by Crippen LogP contribution is -2.48. The van der Waals surface area contributed by atoms with E-state index in [1.165, 1.54) is 0 Å². The Kier molecular flexibility index (Phi) is 11.3. The number of amides is 1. The van der Waals surface area contributed by atoms with Gasteiger partial charge in [-0.15, -0.1) is 0 Å². The molecule has 0 bridgehead atoms. The lowest BCUT2D eigenvalue weighted by atomic mass is 9.75. The van der Waals surface area contributed by atoms with Gasteiger partial charge in [-0.2, -0.15) is 0 Å². The molecule has 0 unspecified atom stereocenters. The van der Waals surface area contributed by atoms with E-state index >= 15 is 0 Å². The van der Waals surface area contributed by atoms with Crippen molar-refractivity contribution in [1.82, 2.24) is 5.32 Å². The monoisotopic (exact) mass is 481 g/mol. The van der Waals surface area contributed by atoms with Gasteiger partial charge in [-0.3, -0.25) is 9.59 Å². The third-order valence-corrected chi connectivity index (χ3v) is 5.93. The summed E-state index contributed by atoms with van der Waals surface area (Å²) >= 11 is 6.02. The Bertz CT molecular complexity index is 1000. The highest BCUT2D eigenvalue weighted by atomic mass is 35.5. The number of hydrogen-bond donors (Lipinski definition) is 3. The Morgan fingerprint density at radius 1 is 1.03 bits per heavy atom. The van der Waals surface area contributed by atoms with Crippen LogP contribution in [0.4, 0.5) is 0 Å². The SMILES string of the molecule is CC/C=C(\C=C(/C)CC)C[C@H](NC(=O)[C@H](CC(=O)c1ccccc1)c1ccc(Cl)cc1)B(O)O. The molecule has 0 aliphatic carbocycles. The third-order valence-electron chi connectivity index (χ3n) is 5.67. The van der Waals surface area contributed by atoms with Crippen molar-refractivity contribution in [2.24, 2.45) is 0 Å². The highest BCUT2D eigenvalue weighted by molar-refractivity contribution is 6.43. The van der Waals surface area contributed by atoms with Gasteiger partial charge in [0.05, 0.1) is 11.9 Å². The molecule has 2 rings (SSSR count). The first-order valence-corrected chi connectivity index (χ1v) is 12.0. The molecule has 0 aromatic heterocycles. The van der Waals surface area contributed by atoms with E-state index in [0.717, 1.165) is 24.0 Å². The quantitative estimate of drug-likeness (QED) is 0.219. The van der Waals surface area contributed by atoms with Crippen molar-refractivity contribution in [3.8, 4) is 0 Å². The molecule has 0 saturated heterocycles. The lowest BCUT2D eigenvalue weighted by Gasteiger charge is -2.23. The molecule has 34 heavy (non-hydrogen) atoms. The molecule has 0 aliphatic rings. The molecule has 2 aromatic rings. The number of nitrogens with one attached hydrogen (secondary N) is 1. The van der Waals surface area contributed by atoms with Crippen molar-refractivity contribution in [2.45, 2.75) is 58.3 Å².